The van der Waals surface area contributed by atoms with Crippen LogP contribution in [0.2, 0.25) is 0 Å². The Morgan fingerprint density at radius 1 is 1.39 bits per heavy atom. The van der Waals surface area contributed by atoms with Gasteiger partial charge in [0.2, 0.25) is 11.5 Å². The van der Waals surface area contributed by atoms with Crippen LogP contribution in [0.3, 0.4) is 0 Å². The minimum atomic E-state index is -5.05. The Hall–Kier alpha value is -2.55. The molecule has 6 nitrogen and oxygen atoms in total. The fourth-order valence-electron chi connectivity index (χ4n) is 3.65. The highest BCUT2D eigenvalue weighted by Crippen LogP contribution is 2.42. The summed E-state index contributed by atoms with van der Waals surface area (Å²) in [5, 5.41) is 10.5. The fraction of sp³-hybridized carbons (Fsp3) is 0.474. The second-order valence-corrected chi connectivity index (χ2v) is 6.92. The molecular formula is C19H22F3N3O3. The van der Waals surface area contributed by atoms with Crippen LogP contribution in [0.15, 0.2) is 36.7 Å². The average molecular weight is 397 g/mol. The lowest BCUT2D eigenvalue weighted by atomic mass is 9.96. The molecule has 2 heterocycles. The number of aryl methyl sites for hydroxylation is 1. The Kier molecular flexibility index (Phi) is 5.38. The van der Waals surface area contributed by atoms with Crippen molar-refractivity contribution in [1.82, 2.24) is 14.5 Å². The van der Waals surface area contributed by atoms with Gasteiger partial charge in [-0.2, -0.15) is 13.2 Å². The summed E-state index contributed by atoms with van der Waals surface area (Å²) in [6.07, 6.45) is -2.42. The van der Waals surface area contributed by atoms with Crippen LogP contribution in [0.4, 0.5) is 13.2 Å². The molecule has 28 heavy (non-hydrogen) atoms. The van der Waals surface area contributed by atoms with Crippen LogP contribution in [0.1, 0.15) is 36.7 Å². The van der Waals surface area contributed by atoms with Gasteiger partial charge in [-0.05, 0) is 30.5 Å². The Morgan fingerprint density at radius 3 is 2.75 bits per heavy atom. The van der Waals surface area contributed by atoms with E-state index in [9.17, 15) is 23.1 Å². The zero-order chi connectivity index (χ0) is 20.5. The summed E-state index contributed by atoms with van der Waals surface area (Å²) in [7, 11) is 2.87. The number of rotatable bonds is 5. The van der Waals surface area contributed by atoms with E-state index in [4.69, 9.17) is 4.74 Å². The summed E-state index contributed by atoms with van der Waals surface area (Å²) in [6.45, 7) is 0.329. The van der Waals surface area contributed by atoms with E-state index in [1.165, 1.54) is 25.3 Å². The zero-order valence-electron chi connectivity index (χ0n) is 15.6. The van der Waals surface area contributed by atoms with Crippen molar-refractivity contribution < 1.29 is 27.8 Å². The molecule has 3 rings (SSSR count). The number of hydrogen-bond donors (Lipinski definition) is 1. The number of aliphatic hydroxyl groups is 1. The largest absolute Gasteiger partial charge is 0.497 e. The summed E-state index contributed by atoms with van der Waals surface area (Å²) < 4.78 is 47.4. The monoisotopic (exact) mass is 397 g/mol. The number of amides is 1. The molecular weight excluding hydrogens is 375 g/mol. The molecule has 2 atom stereocenters. The maximum atomic E-state index is 13.7. The van der Waals surface area contributed by atoms with E-state index >= 15 is 0 Å². The number of halogens is 3. The molecule has 2 unspecified atom stereocenters. The van der Waals surface area contributed by atoms with Gasteiger partial charge in [-0.1, -0.05) is 12.1 Å². The summed E-state index contributed by atoms with van der Waals surface area (Å²) >= 11 is 0. The van der Waals surface area contributed by atoms with Crippen molar-refractivity contribution in [3.63, 3.8) is 0 Å². The first kappa shape index (κ1) is 20.2. The lowest BCUT2D eigenvalue weighted by Crippen LogP contribution is -2.48. The number of benzene rings is 1. The first-order valence-corrected chi connectivity index (χ1v) is 8.87. The molecule has 0 saturated carbocycles. The van der Waals surface area contributed by atoms with E-state index in [1.807, 2.05) is 6.07 Å². The number of carbonyl (C=O) groups is 1. The lowest BCUT2D eigenvalue weighted by Gasteiger charge is -2.32. The number of alkyl halides is 3. The molecule has 1 saturated heterocycles. The molecule has 1 amide bonds. The van der Waals surface area contributed by atoms with Crippen molar-refractivity contribution in [2.24, 2.45) is 7.05 Å². The van der Waals surface area contributed by atoms with Gasteiger partial charge in [0.25, 0.3) is 0 Å². The van der Waals surface area contributed by atoms with Gasteiger partial charge in [0.05, 0.1) is 19.6 Å². The van der Waals surface area contributed by atoms with Gasteiger partial charge in [-0.15, -0.1) is 0 Å². The summed E-state index contributed by atoms with van der Waals surface area (Å²) in [4.78, 5) is 17.9. The molecule has 2 aromatic rings. The minimum Gasteiger partial charge on any atom is -0.497 e. The number of methoxy groups -OCH3 is 1. The molecule has 1 aromatic carbocycles. The molecule has 1 aliphatic heterocycles. The third kappa shape index (κ3) is 3.58. The molecule has 1 fully saturated rings. The van der Waals surface area contributed by atoms with Gasteiger partial charge in [-0.25, -0.2) is 4.98 Å². The summed E-state index contributed by atoms with van der Waals surface area (Å²) in [5.74, 6) is -0.768. The summed E-state index contributed by atoms with van der Waals surface area (Å²) in [6, 6.07) is 6.75. The highest BCUT2D eigenvalue weighted by molar-refractivity contribution is 5.78. The molecule has 0 radical (unpaired) electrons. The number of aromatic nitrogens is 2. The Balaban J connectivity index is 1.88. The first-order valence-electron chi connectivity index (χ1n) is 8.87. The second-order valence-electron chi connectivity index (χ2n) is 6.92. The third-order valence-corrected chi connectivity index (χ3v) is 5.12. The molecule has 152 valence electrons. The SMILES string of the molecule is COc1cccc(C2CCCN2C(=O)CC(O)(c2nccn2C)C(F)(F)F)c1. The van der Waals surface area contributed by atoms with Crippen molar-refractivity contribution in [3.05, 3.63) is 48.0 Å². The number of hydrogen-bond acceptors (Lipinski definition) is 4. The Morgan fingerprint density at radius 2 is 2.14 bits per heavy atom. The van der Waals surface area contributed by atoms with Gasteiger partial charge in [0.1, 0.15) is 5.75 Å². The summed E-state index contributed by atoms with van der Waals surface area (Å²) in [5.41, 5.74) is -2.57. The van der Waals surface area contributed by atoms with Gasteiger partial charge >= 0.3 is 6.18 Å². The zero-order valence-corrected chi connectivity index (χ0v) is 15.6. The second kappa shape index (κ2) is 7.46. The highest BCUT2D eigenvalue weighted by atomic mass is 19.4. The molecule has 0 aliphatic carbocycles. The number of ether oxygens (including phenoxy) is 1. The maximum absolute atomic E-state index is 13.7. The molecule has 1 aliphatic rings. The average Bonchev–Trinajstić information content (AvgIpc) is 3.29. The van der Waals surface area contributed by atoms with Crippen LogP contribution >= 0.6 is 0 Å². The molecule has 0 spiro atoms. The normalized spacial score (nSPS) is 19.5. The van der Waals surface area contributed by atoms with Crippen molar-refractivity contribution in [1.29, 1.82) is 0 Å². The smallest absolute Gasteiger partial charge is 0.425 e. The molecule has 1 N–H and O–H groups in total. The molecule has 1 aromatic heterocycles. The topological polar surface area (TPSA) is 67.6 Å². The predicted molar refractivity (Wildman–Crippen MR) is 94.5 cm³/mol. The number of imidazole rings is 1. The number of nitrogens with zero attached hydrogens (tertiary/aromatic N) is 3. The lowest BCUT2D eigenvalue weighted by molar-refractivity contribution is -0.272. The van der Waals surface area contributed by atoms with Gasteiger partial charge < -0.3 is 19.3 Å². The Labute approximate surface area is 160 Å². The van der Waals surface area contributed by atoms with Crippen molar-refractivity contribution in [3.8, 4) is 5.75 Å². The maximum Gasteiger partial charge on any atom is 0.425 e. The van der Waals surface area contributed by atoms with Gasteiger partial charge in [-0.3, -0.25) is 4.79 Å². The van der Waals surface area contributed by atoms with Crippen LogP contribution in [0.25, 0.3) is 0 Å². The highest BCUT2D eigenvalue weighted by Gasteiger charge is 2.59. The fourth-order valence-corrected chi connectivity index (χ4v) is 3.65. The minimum absolute atomic E-state index is 0.329. The van der Waals surface area contributed by atoms with Crippen LogP contribution < -0.4 is 4.74 Å². The number of carbonyl (C=O) groups excluding carboxylic acids is 1. The van der Waals surface area contributed by atoms with Crippen LogP contribution in [-0.4, -0.2) is 45.3 Å². The third-order valence-electron chi connectivity index (χ3n) is 5.12. The van der Waals surface area contributed by atoms with Gasteiger partial charge in [0.15, 0.2) is 5.82 Å². The quantitative estimate of drug-likeness (QED) is 0.843. The first-order chi connectivity index (χ1) is 13.2. The standard InChI is InChI=1S/C19H22F3N3O3/c1-24-10-8-23-17(24)18(27,19(20,21)22)12-16(26)25-9-4-7-15(25)13-5-3-6-14(11-13)28-2/h3,5-6,8,10-11,15,27H,4,7,9,12H2,1-2H3. The Bertz CT molecular complexity index is 852. The van der Waals surface area contributed by atoms with E-state index < -0.39 is 29.9 Å². The van der Waals surface area contributed by atoms with E-state index in [2.05, 4.69) is 4.98 Å². The van der Waals surface area contributed by atoms with E-state index in [0.717, 1.165) is 16.3 Å². The van der Waals surface area contributed by atoms with E-state index in [0.29, 0.717) is 25.1 Å². The molecule has 9 heteroatoms. The van der Waals surface area contributed by atoms with Crippen LogP contribution in [0.5, 0.6) is 5.75 Å². The molecule has 0 bridgehead atoms. The van der Waals surface area contributed by atoms with Crippen LogP contribution in [0, 0.1) is 0 Å². The number of likely N-dealkylation sites (tertiary alicyclic amines) is 1. The van der Waals surface area contributed by atoms with Crippen LogP contribution in [-0.2, 0) is 17.4 Å². The van der Waals surface area contributed by atoms with E-state index in [-0.39, 0.29) is 6.04 Å². The predicted octanol–water partition coefficient (Wildman–Crippen LogP) is 2.93. The van der Waals surface area contributed by atoms with Gasteiger partial charge in [0, 0.05) is 26.0 Å². The van der Waals surface area contributed by atoms with Crippen molar-refractivity contribution in [2.75, 3.05) is 13.7 Å². The van der Waals surface area contributed by atoms with Crippen molar-refractivity contribution in [2.45, 2.75) is 37.1 Å². The van der Waals surface area contributed by atoms with Crippen molar-refractivity contribution >= 4 is 5.91 Å². The van der Waals surface area contributed by atoms with E-state index in [1.54, 1.807) is 18.2 Å².